The lowest BCUT2D eigenvalue weighted by Crippen LogP contribution is -2.38. The van der Waals surface area contributed by atoms with Gasteiger partial charge in [-0.25, -0.2) is 4.79 Å². The second-order valence-corrected chi connectivity index (χ2v) is 17.3. The van der Waals surface area contributed by atoms with Crippen LogP contribution in [0, 0.1) is 11.8 Å². The summed E-state index contributed by atoms with van der Waals surface area (Å²) >= 11 is 0. The average Bonchev–Trinajstić information content (AvgIpc) is 3.30. The van der Waals surface area contributed by atoms with Crippen LogP contribution in [-0.4, -0.2) is 107 Å². The molecule has 1 heterocycles. The van der Waals surface area contributed by atoms with Crippen LogP contribution in [0.15, 0.2) is 48.6 Å². The molecule has 1 aliphatic rings. The number of ether oxygens (including phenoxy) is 6. The number of carbonyl (C=O) groups is 3. The minimum absolute atomic E-state index is 0.0383. The molecule has 0 aromatic rings. The Bertz CT molecular complexity index is 1220. The predicted molar refractivity (Wildman–Crippen MR) is 259 cm³/mol. The molecule has 3 atom stereocenters. The van der Waals surface area contributed by atoms with Crippen LogP contribution in [0.3, 0.4) is 0 Å². The van der Waals surface area contributed by atoms with E-state index in [1.54, 1.807) is 0 Å². The van der Waals surface area contributed by atoms with E-state index in [4.69, 9.17) is 28.4 Å². The minimum Gasteiger partial charge on any atom is -0.465 e. The number of hydrogen-bond donors (Lipinski definition) is 1. The molecule has 0 amide bonds. The molecule has 64 heavy (non-hydrogen) atoms. The van der Waals surface area contributed by atoms with E-state index in [0.29, 0.717) is 32.7 Å². The molecular weight excluding hydrogens is 811 g/mol. The number of aliphatic hydroxyl groups excluding tert-OH is 1. The lowest BCUT2D eigenvalue weighted by atomic mass is 9.99. The first-order valence-corrected chi connectivity index (χ1v) is 25.6. The number of unbranched alkanes of at least 4 members (excludes halogenated alkanes) is 12. The van der Waals surface area contributed by atoms with Gasteiger partial charge in [-0.15, -0.1) is 0 Å². The highest BCUT2D eigenvalue weighted by Gasteiger charge is 2.23. The molecule has 11 nitrogen and oxygen atoms in total. The summed E-state index contributed by atoms with van der Waals surface area (Å²) in [7, 11) is 0. The molecule has 1 N–H and O–H groups in total. The van der Waals surface area contributed by atoms with Gasteiger partial charge in [0.15, 0.2) is 0 Å². The lowest BCUT2D eigenvalue weighted by molar-refractivity contribution is -0.150. The van der Waals surface area contributed by atoms with Gasteiger partial charge in [-0.05, 0) is 122 Å². The van der Waals surface area contributed by atoms with Gasteiger partial charge in [0, 0.05) is 51.7 Å². The van der Waals surface area contributed by atoms with Crippen molar-refractivity contribution in [1.82, 2.24) is 4.90 Å². The Kier molecular flexibility index (Phi) is 41.7. The highest BCUT2D eigenvalue weighted by molar-refractivity contribution is 5.69. The number of hydrogen-bond acceptors (Lipinski definition) is 11. The number of esters is 2. The van der Waals surface area contributed by atoms with Crippen molar-refractivity contribution in [2.24, 2.45) is 11.8 Å². The van der Waals surface area contributed by atoms with Crippen molar-refractivity contribution in [1.29, 1.82) is 0 Å². The average molecular weight is 904 g/mol. The van der Waals surface area contributed by atoms with E-state index in [9.17, 15) is 19.5 Å². The van der Waals surface area contributed by atoms with Crippen LogP contribution in [0.4, 0.5) is 4.79 Å². The molecule has 0 radical (unpaired) electrons. The van der Waals surface area contributed by atoms with E-state index in [1.165, 1.54) is 25.7 Å². The fourth-order valence-electron chi connectivity index (χ4n) is 7.35. The van der Waals surface area contributed by atoms with Gasteiger partial charge in [-0.2, -0.15) is 0 Å². The van der Waals surface area contributed by atoms with E-state index >= 15 is 0 Å². The normalized spacial score (nSPS) is 15.7. The predicted octanol–water partition coefficient (Wildman–Crippen LogP) is 12.2. The third kappa shape index (κ3) is 38.3. The molecule has 0 aromatic heterocycles. The Balaban J connectivity index is 2.60. The van der Waals surface area contributed by atoms with Crippen LogP contribution in [0.2, 0.25) is 0 Å². The Labute approximate surface area is 390 Å². The van der Waals surface area contributed by atoms with Gasteiger partial charge in [0.05, 0.1) is 25.2 Å². The maximum atomic E-state index is 13.0. The molecule has 0 aliphatic carbocycles. The molecular formula is C53H93NO10. The van der Waals surface area contributed by atoms with Crippen molar-refractivity contribution in [2.45, 2.75) is 187 Å². The zero-order valence-corrected chi connectivity index (χ0v) is 40.9. The Morgan fingerprint density at radius 2 is 1.22 bits per heavy atom. The molecule has 0 aromatic carbocycles. The number of piperidine rings is 1. The molecule has 11 heteroatoms. The molecule has 0 spiro atoms. The molecule has 0 saturated carbocycles. The summed E-state index contributed by atoms with van der Waals surface area (Å²) in [5, 5.41) is 9.20. The van der Waals surface area contributed by atoms with Gasteiger partial charge in [0.2, 0.25) is 0 Å². The highest BCUT2D eigenvalue weighted by atomic mass is 16.7. The van der Waals surface area contributed by atoms with Gasteiger partial charge in [-0.3, -0.25) is 9.59 Å². The summed E-state index contributed by atoms with van der Waals surface area (Å²) in [6.45, 7) is 11.0. The van der Waals surface area contributed by atoms with Crippen molar-refractivity contribution in [3.8, 4) is 0 Å². The summed E-state index contributed by atoms with van der Waals surface area (Å²) in [4.78, 5) is 40.8. The Hall–Kier alpha value is -2.99. The van der Waals surface area contributed by atoms with E-state index < -0.39 is 18.0 Å². The SMILES string of the molecule is CC/C=C\CCCCOCC(CCC(=O)OCC(COC(=O)CCCCCCC/C=C\C/C=C\CCCCC)COC(=O)OCC1CCCN(CCCO)C1)OCCCC/C=C\CC. The molecule has 1 aliphatic heterocycles. The highest BCUT2D eigenvalue weighted by Crippen LogP contribution is 2.18. The summed E-state index contributed by atoms with van der Waals surface area (Å²) in [5.74, 6) is -1.06. The van der Waals surface area contributed by atoms with Crippen LogP contribution in [0.5, 0.6) is 0 Å². The van der Waals surface area contributed by atoms with E-state index in [2.05, 4.69) is 74.3 Å². The molecule has 370 valence electrons. The first-order valence-electron chi connectivity index (χ1n) is 25.6. The van der Waals surface area contributed by atoms with Gasteiger partial charge >= 0.3 is 18.1 Å². The van der Waals surface area contributed by atoms with Gasteiger partial charge in [0.25, 0.3) is 0 Å². The number of allylic oxidation sites excluding steroid dienone is 8. The zero-order valence-electron chi connectivity index (χ0n) is 40.9. The van der Waals surface area contributed by atoms with Crippen molar-refractivity contribution in [3.63, 3.8) is 0 Å². The van der Waals surface area contributed by atoms with Gasteiger partial charge < -0.3 is 38.4 Å². The molecule has 1 fully saturated rings. The van der Waals surface area contributed by atoms with E-state index in [1.807, 2.05) is 0 Å². The van der Waals surface area contributed by atoms with Crippen LogP contribution < -0.4 is 0 Å². The summed E-state index contributed by atoms with van der Waals surface area (Å²) in [5.41, 5.74) is 0. The summed E-state index contributed by atoms with van der Waals surface area (Å²) in [6, 6.07) is 0. The standard InChI is InChI=1S/C53H93NO10/c1-4-7-10-13-16-17-18-19-20-21-22-23-24-25-28-34-51(56)61-44-49(46-64-53(58)63-43-48-33-31-37-54(42-48)38-32-39-55)45-62-52(57)36-35-50(60-41-30-27-15-12-9-6-3)47-59-40-29-26-14-11-8-5-2/h8-9,11-12,16-17,19-20,48-50,55H,4-7,10,13-15,18,21-47H2,1-3H3/b11-8-,12-9-,17-16-,20-19-. The van der Waals surface area contributed by atoms with Crippen molar-refractivity contribution in [2.75, 3.05) is 72.5 Å². The second-order valence-electron chi connectivity index (χ2n) is 17.3. The smallest absolute Gasteiger partial charge is 0.465 e. The Morgan fingerprint density at radius 1 is 0.625 bits per heavy atom. The monoisotopic (exact) mass is 904 g/mol. The van der Waals surface area contributed by atoms with Crippen LogP contribution in [0.25, 0.3) is 0 Å². The number of likely N-dealkylation sites (tertiary alicyclic amines) is 1. The summed E-state index contributed by atoms with van der Waals surface area (Å²) in [6.07, 6.45) is 40.7. The first-order chi connectivity index (χ1) is 31.4. The quantitative estimate of drug-likeness (QED) is 0.0272. The number of rotatable bonds is 43. The van der Waals surface area contributed by atoms with Crippen molar-refractivity contribution < 1.29 is 47.9 Å². The Morgan fingerprint density at radius 3 is 1.89 bits per heavy atom. The first kappa shape index (κ1) is 59.0. The van der Waals surface area contributed by atoms with E-state index in [0.717, 1.165) is 135 Å². The molecule has 1 saturated heterocycles. The molecule has 0 bridgehead atoms. The third-order valence-electron chi connectivity index (χ3n) is 11.2. The number of carbonyl (C=O) groups excluding carboxylic acids is 3. The molecule has 3 unspecified atom stereocenters. The maximum Gasteiger partial charge on any atom is 0.508 e. The van der Waals surface area contributed by atoms with Gasteiger partial charge in [0.1, 0.15) is 19.8 Å². The summed E-state index contributed by atoms with van der Waals surface area (Å²) < 4.78 is 34.4. The fourth-order valence-corrected chi connectivity index (χ4v) is 7.35. The topological polar surface area (TPSA) is 130 Å². The van der Waals surface area contributed by atoms with Crippen LogP contribution in [0.1, 0.15) is 181 Å². The molecule has 1 rings (SSSR count). The lowest BCUT2D eigenvalue weighted by Gasteiger charge is -2.32. The number of nitrogens with zero attached hydrogens (tertiary/aromatic N) is 1. The zero-order chi connectivity index (χ0) is 46.4. The largest absolute Gasteiger partial charge is 0.508 e. The van der Waals surface area contributed by atoms with Gasteiger partial charge in [-0.1, -0.05) is 101 Å². The minimum atomic E-state index is -0.793. The van der Waals surface area contributed by atoms with Crippen LogP contribution >= 0.6 is 0 Å². The maximum absolute atomic E-state index is 13.0. The van der Waals surface area contributed by atoms with Crippen LogP contribution in [-0.2, 0) is 38.0 Å². The van der Waals surface area contributed by atoms with E-state index in [-0.39, 0.29) is 57.4 Å². The van der Waals surface area contributed by atoms with Crippen molar-refractivity contribution >= 4 is 18.1 Å². The third-order valence-corrected chi connectivity index (χ3v) is 11.2. The van der Waals surface area contributed by atoms with Crippen molar-refractivity contribution in [3.05, 3.63) is 48.6 Å². The fraction of sp³-hybridized carbons (Fsp3) is 0.792. The second kappa shape index (κ2) is 45.2. The number of aliphatic hydroxyl groups is 1.